The molecule has 0 aliphatic heterocycles. The molecule has 3 aromatic rings. The molecule has 3 aromatic heterocycles. The minimum Gasteiger partial charge on any atom is -0.368 e. The molecule has 3 heterocycles. The fraction of sp³-hybridized carbons (Fsp3) is 0.200. The van der Waals surface area contributed by atoms with E-state index < -0.39 is 0 Å². The molecule has 0 radical (unpaired) electrons. The maximum atomic E-state index is 5.66. The van der Waals surface area contributed by atoms with Gasteiger partial charge in [0.15, 0.2) is 0 Å². The van der Waals surface area contributed by atoms with Gasteiger partial charge in [-0.15, -0.1) is 11.3 Å². The van der Waals surface area contributed by atoms with Crippen molar-refractivity contribution in [3.8, 4) is 5.95 Å². The third-order valence-corrected chi connectivity index (χ3v) is 3.24. The van der Waals surface area contributed by atoms with Crippen molar-refractivity contribution in [3.05, 3.63) is 28.7 Å². The Morgan fingerprint density at radius 2 is 2.25 bits per heavy atom. The van der Waals surface area contributed by atoms with E-state index in [1.807, 2.05) is 13.1 Å². The zero-order valence-electron chi connectivity index (χ0n) is 10.6. The summed E-state index contributed by atoms with van der Waals surface area (Å²) >= 11 is 1.61. The number of nitrogens with one attached hydrogen (secondary N) is 1. The highest BCUT2D eigenvalue weighted by molar-refractivity contribution is 7.11. The predicted octanol–water partition coefficient (Wildman–Crippen LogP) is 0.412. The Morgan fingerprint density at radius 3 is 2.95 bits per heavy atom. The Morgan fingerprint density at radius 1 is 1.35 bits per heavy atom. The van der Waals surface area contributed by atoms with Crippen LogP contribution in [-0.2, 0) is 6.54 Å². The second-order valence-electron chi connectivity index (χ2n) is 3.88. The molecule has 0 amide bonds. The molecular formula is C10H11N9S. The van der Waals surface area contributed by atoms with Crippen molar-refractivity contribution in [1.29, 1.82) is 0 Å². The van der Waals surface area contributed by atoms with Crippen LogP contribution in [0, 0.1) is 6.92 Å². The second-order valence-corrected chi connectivity index (χ2v) is 5.19. The van der Waals surface area contributed by atoms with Crippen LogP contribution >= 0.6 is 11.3 Å². The molecule has 0 atom stereocenters. The number of nitrogen functional groups attached to an aromatic ring is 1. The highest BCUT2D eigenvalue weighted by Gasteiger charge is 2.07. The van der Waals surface area contributed by atoms with Crippen molar-refractivity contribution < 1.29 is 0 Å². The van der Waals surface area contributed by atoms with E-state index >= 15 is 0 Å². The minimum absolute atomic E-state index is 0.114. The quantitative estimate of drug-likeness (QED) is 0.708. The Kier molecular flexibility index (Phi) is 3.21. The molecule has 0 spiro atoms. The van der Waals surface area contributed by atoms with Gasteiger partial charge in [-0.1, -0.05) is 0 Å². The number of hydrogen-bond acceptors (Lipinski definition) is 9. The highest BCUT2D eigenvalue weighted by Crippen LogP contribution is 2.13. The van der Waals surface area contributed by atoms with Crippen molar-refractivity contribution in [2.24, 2.45) is 0 Å². The maximum absolute atomic E-state index is 5.66. The predicted molar refractivity (Wildman–Crippen MR) is 73.3 cm³/mol. The van der Waals surface area contributed by atoms with Gasteiger partial charge in [-0.05, 0) is 6.92 Å². The van der Waals surface area contributed by atoms with E-state index in [4.69, 9.17) is 5.73 Å². The average Bonchev–Trinajstić information content (AvgIpc) is 3.07. The van der Waals surface area contributed by atoms with E-state index in [9.17, 15) is 0 Å². The van der Waals surface area contributed by atoms with Crippen LogP contribution < -0.4 is 11.1 Å². The first-order valence-corrected chi connectivity index (χ1v) is 6.54. The molecule has 0 saturated carbocycles. The highest BCUT2D eigenvalue weighted by atomic mass is 32.1. The van der Waals surface area contributed by atoms with E-state index in [1.54, 1.807) is 11.3 Å². The molecule has 3 rings (SSSR count). The SMILES string of the molecule is Cc1cnc(CNc2nc(N)nc(-n3cncn3)n2)s1. The van der Waals surface area contributed by atoms with Gasteiger partial charge in [0.05, 0.1) is 6.54 Å². The van der Waals surface area contributed by atoms with Crippen LogP contribution in [0.4, 0.5) is 11.9 Å². The van der Waals surface area contributed by atoms with Gasteiger partial charge in [0, 0.05) is 11.1 Å². The van der Waals surface area contributed by atoms with Crippen molar-refractivity contribution in [1.82, 2.24) is 34.7 Å². The Balaban J connectivity index is 1.79. The van der Waals surface area contributed by atoms with Gasteiger partial charge in [-0.25, -0.2) is 9.97 Å². The van der Waals surface area contributed by atoms with Gasteiger partial charge in [0.2, 0.25) is 11.9 Å². The topological polar surface area (TPSA) is 120 Å². The lowest BCUT2D eigenvalue weighted by molar-refractivity contribution is 0.797. The molecule has 0 aromatic carbocycles. The lowest BCUT2D eigenvalue weighted by atomic mass is 10.6. The van der Waals surface area contributed by atoms with Crippen LogP contribution in [0.2, 0.25) is 0 Å². The third-order valence-electron chi connectivity index (χ3n) is 2.33. The Bertz CT molecular complexity index is 705. The summed E-state index contributed by atoms with van der Waals surface area (Å²) in [6, 6.07) is 0. The molecule has 0 fully saturated rings. The van der Waals surface area contributed by atoms with Crippen LogP contribution in [0.3, 0.4) is 0 Å². The minimum atomic E-state index is 0.114. The number of hydrogen-bond donors (Lipinski definition) is 2. The molecule has 0 unspecified atom stereocenters. The molecule has 10 heteroatoms. The second kappa shape index (κ2) is 5.17. The fourth-order valence-electron chi connectivity index (χ4n) is 1.51. The normalized spacial score (nSPS) is 10.7. The Hall–Kier alpha value is -2.62. The molecule has 102 valence electrons. The number of aryl methyl sites for hydroxylation is 1. The zero-order chi connectivity index (χ0) is 13.9. The molecule has 20 heavy (non-hydrogen) atoms. The Labute approximate surface area is 118 Å². The number of thiazole rings is 1. The summed E-state index contributed by atoms with van der Waals surface area (Å²) in [6.07, 6.45) is 4.71. The van der Waals surface area contributed by atoms with Crippen molar-refractivity contribution in [2.75, 3.05) is 11.1 Å². The van der Waals surface area contributed by atoms with Crippen LogP contribution in [0.15, 0.2) is 18.9 Å². The lowest BCUT2D eigenvalue weighted by Crippen LogP contribution is -2.11. The number of rotatable bonds is 4. The van der Waals surface area contributed by atoms with E-state index in [0.29, 0.717) is 18.4 Å². The molecule has 0 aliphatic rings. The largest absolute Gasteiger partial charge is 0.368 e. The smallest absolute Gasteiger partial charge is 0.258 e. The zero-order valence-corrected chi connectivity index (χ0v) is 11.4. The van der Waals surface area contributed by atoms with Crippen LogP contribution in [0.5, 0.6) is 0 Å². The summed E-state index contributed by atoms with van der Waals surface area (Å²) in [4.78, 5) is 21.5. The van der Waals surface area contributed by atoms with Gasteiger partial charge in [0.25, 0.3) is 5.95 Å². The van der Waals surface area contributed by atoms with Crippen molar-refractivity contribution in [3.63, 3.8) is 0 Å². The monoisotopic (exact) mass is 289 g/mol. The average molecular weight is 289 g/mol. The van der Waals surface area contributed by atoms with Gasteiger partial charge < -0.3 is 11.1 Å². The fourth-order valence-corrected chi connectivity index (χ4v) is 2.24. The molecule has 0 aliphatic carbocycles. The standard InChI is InChI=1S/C10H11N9S/c1-6-2-13-7(20-6)3-14-9-16-8(11)17-10(18-9)19-5-12-4-15-19/h2,4-5H,3H2,1H3,(H3,11,14,16,17,18). The summed E-state index contributed by atoms with van der Waals surface area (Å²) in [7, 11) is 0. The first-order chi connectivity index (χ1) is 9.70. The van der Waals surface area contributed by atoms with Gasteiger partial charge in [-0.3, -0.25) is 0 Å². The van der Waals surface area contributed by atoms with Crippen LogP contribution in [-0.4, -0.2) is 34.7 Å². The number of aromatic nitrogens is 7. The summed E-state index contributed by atoms with van der Waals surface area (Å²) in [5.74, 6) is 0.798. The first-order valence-electron chi connectivity index (χ1n) is 5.72. The van der Waals surface area contributed by atoms with E-state index in [2.05, 4.69) is 35.3 Å². The third kappa shape index (κ3) is 2.69. The van der Waals surface area contributed by atoms with Gasteiger partial charge in [0.1, 0.15) is 17.7 Å². The van der Waals surface area contributed by atoms with E-state index in [-0.39, 0.29) is 5.95 Å². The maximum Gasteiger partial charge on any atom is 0.258 e. The molecular weight excluding hydrogens is 278 g/mol. The van der Waals surface area contributed by atoms with Crippen molar-refractivity contribution >= 4 is 23.2 Å². The number of nitrogens with zero attached hydrogens (tertiary/aromatic N) is 7. The van der Waals surface area contributed by atoms with Crippen LogP contribution in [0.1, 0.15) is 9.88 Å². The molecule has 3 N–H and O–H groups in total. The van der Waals surface area contributed by atoms with Crippen LogP contribution in [0.25, 0.3) is 5.95 Å². The molecule has 0 bridgehead atoms. The lowest BCUT2D eigenvalue weighted by Gasteiger charge is -2.05. The first kappa shape index (κ1) is 12.4. The molecule has 9 nitrogen and oxygen atoms in total. The number of nitrogens with two attached hydrogens (primary N) is 1. The summed E-state index contributed by atoms with van der Waals surface area (Å²) < 4.78 is 1.41. The summed E-state index contributed by atoms with van der Waals surface area (Å²) in [6.45, 7) is 2.53. The summed E-state index contributed by atoms with van der Waals surface area (Å²) in [5.41, 5.74) is 5.66. The van der Waals surface area contributed by atoms with Gasteiger partial charge >= 0.3 is 0 Å². The van der Waals surface area contributed by atoms with Gasteiger partial charge in [-0.2, -0.15) is 24.7 Å². The number of anilines is 2. The summed E-state index contributed by atoms with van der Waals surface area (Å²) in [5, 5.41) is 7.96. The van der Waals surface area contributed by atoms with E-state index in [1.165, 1.54) is 17.3 Å². The van der Waals surface area contributed by atoms with Crippen molar-refractivity contribution in [2.45, 2.75) is 13.5 Å². The van der Waals surface area contributed by atoms with E-state index in [0.717, 1.165) is 9.88 Å². The molecule has 0 saturated heterocycles.